The molecule has 14 nitrogen and oxygen atoms in total. The quantitative estimate of drug-likeness (QED) is 0.139. The molecule has 3 aromatic heterocycles. The van der Waals surface area contributed by atoms with E-state index >= 15 is 0 Å². The number of esters is 1. The Labute approximate surface area is 223 Å². The van der Waals surface area contributed by atoms with Gasteiger partial charge in [0.1, 0.15) is 24.5 Å². The number of carbonyl (C=O) groups excluding carboxylic acids is 2. The van der Waals surface area contributed by atoms with Crippen LogP contribution in [0.2, 0.25) is 0 Å². The first-order chi connectivity index (χ1) is 18.6. The number of carbonyl (C=O) groups is 2. The first-order valence-electron chi connectivity index (χ1n) is 11.6. The van der Waals surface area contributed by atoms with E-state index in [-0.39, 0.29) is 49.6 Å². The zero-order valence-electron chi connectivity index (χ0n) is 22.1. The van der Waals surface area contributed by atoms with Gasteiger partial charge in [-0.05, 0) is 13.3 Å². The molecule has 0 bridgehead atoms. The number of amides is 1. The average Bonchev–Trinajstić information content (AvgIpc) is 3.46. The second kappa shape index (κ2) is 14.6. The summed E-state index contributed by atoms with van der Waals surface area (Å²) in [5.41, 5.74) is 4.98. The Bertz CT molecular complexity index is 1350. The number of hydrogen-bond donors (Lipinski definition) is 1. The number of nitrogens with zero attached hydrogens (tertiary/aromatic N) is 5. The average molecular weight is 551 g/mol. The van der Waals surface area contributed by atoms with Crippen molar-refractivity contribution in [1.82, 2.24) is 24.4 Å². The second-order valence-corrected chi connectivity index (χ2v) is 8.30. The van der Waals surface area contributed by atoms with Gasteiger partial charge in [-0.15, -0.1) is 6.42 Å². The minimum Gasteiger partial charge on any atom is -0.462 e. The minimum atomic E-state index is -1.18. The first kappa shape index (κ1) is 30.9. The molecule has 3 rings (SSSR count). The molecule has 3 heterocycles. The fraction of sp³-hybridized carbons (Fsp3) is 0.500. The molecule has 212 valence electrons. The lowest BCUT2D eigenvalue weighted by Crippen LogP contribution is -2.37. The van der Waals surface area contributed by atoms with E-state index in [0.717, 1.165) is 0 Å². The highest BCUT2D eigenvalue weighted by Crippen LogP contribution is 2.21. The number of aryl methyl sites for hydroxylation is 2. The highest BCUT2D eigenvalue weighted by atomic mass is 19.1. The van der Waals surface area contributed by atoms with Gasteiger partial charge >= 0.3 is 17.9 Å². The molecule has 3 aromatic rings. The van der Waals surface area contributed by atoms with Crippen molar-refractivity contribution < 1.29 is 37.0 Å². The number of imidazole rings is 1. The maximum absolute atomic E-state index is 13.5. The number of nitrogens with two attached hydrogens (primary N) is 1. The second-order valence-electron chi connectivity index (χ2n) is 8.30. The van der Waals surface area contributed by atoms with Crippen LogP contribution in [-0.4, -0.2) is 76.8 Å². The third-order valence-corrected chi connectivity index (χ3v) is 5.52. The van der Waals surface area contributed by atoms with Crippen LogP contribution in [0.5, 0.6) is 0 Å². The Hall–Kier alpha value is -4.29. The fourth-order valence-electron chi connectivity index (χ4n) is 3.24. The zero-order valence-corrected chi connectivity index (χ0v) is 22.1. The third-order valence-electron chi connectivity index (χ3n) is 5.52. The minimum absolute atomic E-state index is 0.0599. The topological polar surface area (TPSA) is 178 Å². The molecule has 39 heavy (non-hydrogen) atoms. The van der Waals surface area contributed by atoms with Crippen LogP contribution in [0.25, 0.3) is 11.2 Å². The van der Waals surface area contributed by atoms with E-state index in [1.54, 1.807) is 18.5 Å². The Balaban J connectivity index is 0.000000446. The van der Waals surface area contributed by atoms with E-state index in [1.807, 2.05) is 0 Å². The number of aromatic nitrogens is 4. The summed E-state index contributed by atoms with van der Waals surface area (Å²) in [6, 6.07) is 0. The van der Waals surface area contributed by atoms with Gasteiger partial charge in [0, 0.05) is 47.2 Å². The van der Waals surface area contributed by atoms with Crippen molar-refractivity contribution in [2.75, 3.05) is 40.2 Å². The molecule has 0 saturated carbocycles. The van der Waals surface area contributed by atoms with Crippen molar-refractivity contribution in [3.8, 4) is 12.3 Å². The maximum atomic E-state index is 13.5. The van der Waals surface area contributed by atoms with Gasteiger partial charge in [-0.25, -0.2) is 9.78 Å². The van der Waals surface area contributed by atoms with Crippen LogP contribution in [0.4, 0.5) is 10.2 Å². The summed E-state index contributed by atoms with van der Waals surface area (Å²) >= 11 is 0. The van der Waals surface area contributed by atoms with Gasteiger partial charge in [0.25, 0.3) is 0 Å². The van der Waals surface area contributed by atoms with Gasteiger partial charge in [-0.3, -0.25) is 9.59 Å². The molecule has 0 fully saturated rings. The van der Waals surface area contributed by atoms with Crippen molar-refractivity contribution in [2.45, 2.75) is 44.9 Å². The van der Waals surface area contributed by atoms with Crippen LogP contribution in [0, 0.1) is 25.3 Å². The predicted molar refractivity (Wildman–Crippen MR) is 134 cm³/mol. The number of nitrogen functional groups attached to an aromatic ring is 1. The molecule has 0 aliphatic rings. The number of terminal acetylenes is 1. The van der Waals surface area contributed by atoms with Crippen molar-refractivity contribution in [1.29, 1.82) is 0 Å². The molecule has 0 saturated heterocycles. The van der Waals surface area contributed by atoms with E-state index in [2.05, 4.69) is 29.7 Å². The number of fused-ring (bicyclic) bond motifs is 1. The summed E-state index contributed by atoms with van der Waals surface area (Å²) < 4.78 is 39.6. The molecule has 2 N–H and O–H groups in total. The number of hydrogen-bond acceptors (Lipinski definition) is 12. The smallest absolute Gasteiger partial charge is 0.462 e. The molecule has 1 amide bonds. The van der Waals surface area contributed by atoms with Crippen LogP contribution in [0.1, 0.15) is 30.8 Å². The maximum Gasteiger partial charge on any atom is 0.519 e. The zero-order chi connectivity index (χ0) is 29.0. The molecule has 15 heteroatoms. The van der Waals surface area contributed by atoms with E-state index in [4.69, 9.17) is 26.4 Å². The Kier molecular flexibility index (Phi) is 11.6. The predicted octanol–water partition coefficient (Wildman–Crippen LogP) is 1.06. The summed E-state index contributed by atoms with van der Waals surface area (Å²) in [4.78, 5) is 45.5. The summed E-state index contributed by atoms with van der Waals surface area (Å²) in [5.74, 6) is 2.26. The third kappa shape index (κ3) is 8.90. The highest BCUT2D eigenvalue weighted by Gasteiger charge is 2.30. The standard InChI is InChI=1S/C18H23FN6O4.C6H8O4/c1-4-18(28-3,10-29-13(27)6-5-8-24(2)12-26)7-9-25-11-21-14-15(20)22-17(19)23-16(14)25;1-4-5(3-8-2)10-6(7)9-4/h1,11-12H,5-10H2,2-3H3,(H2,20,22,23);3H2,1-2H3. The number of halogens is 1. The van der Waals surface area contributed by atoms with E-state index in [0.29, 0.717) is 30.9 Å². The van der Waals surface area contributed by atoms with Crippen LogP contribution in [0.3, 0.4) is 0 Å². The molecule has 0 radical (unpaired) electrons. The molecular weight excluding hydrogens is 519 g/mol. The fourth-order valence-corrected chi connectivity index (χ4v) is 3.24. The number of methoxy groups -OCH3 is 2. The summed E-state index contributed by atoms with van der Waals surface area (Å²) in [7, 11) is 4.56. The van der Waals surface area contributed by atoms with E-state index in [1.165, 1.54) is 25.4 Å². The van der Waals surface area contributed by atoms with Crippen molar-refractivity contribution >= 4 is 29.4 Å². The highest BCUT2D eigenvalue weighted by molar-refractivity contribution is 5.81. The van der Waals surface area contributed by atoms with E-state index in [9.17, 15) is 18.8 Å². The van der Waals surface area contributed by atoms with Crippen molar-refractivity contribution in [3.05, 3.63) is 34.5 Å². The summed E-state index contributed by atoms with van der Waals surface area (Å²) in [5, 5.41) is 0. The molecule has 0 aliphatic carbocycles. The number of anilines is 1. The SMILES string of the molecule is C#CC(CCn1cnc2c(N)nc(F)nc21)(COC(=O)CCCN(C)C=O)OC.COCc1oc(=O)oc1C. The molecule has 0 spiro atoms. The lowest BCUT2D eigenvalue weighted by Gasteiger charge is -2.26. The van der Waals surface area contributed by atoms with Crippen LogP contribution >= 0.6 is 0 Å². The van der Waals surface area contributed by atoms with Gasteiger partial charge in [0.15, 0.2) is 22.8 Å². The molecule has 1 unspecified atom stereocenters. The molecular formula is C24H31FN6O8. The monoisotopic (exact) mass is 550 g/mol. The molecule has 0 aromatic carbocycles. The molecule has 0 aliphatic heterocycles. The summed E-state index contributed by atoms with van der Waals surface area (Å²) in [6.07, 6.45) is 7.65. The van der Waals surface area contributed by atoms with Crippen LogP contribution < -0.4 is 11.6 Å². The number of rotatable bonds is 13. The normalized spacial score (nSPS) is 12.2. The van der Waals surface area contributed by atoms with Gasteiger partial charge in [0.2, 0.25) is 6.41 Å². The Morgan fingerprint density at radius 1 is 1.36 bits per heavy atom. The lowest BCUT2D eigenvalue weighted by atomic mass is 10.0. The van der Waals surface area contributed by atoms with Crippen molar-refractivity contribution in [3.63, 3.8) is 0 Å². The van der Waals surface area contributed by atoms with Crippen molar-refractivity contribution in [2.24, 2.45) is 0 Å². The largest absolute Gasteiger partial charge is 0.519 e. The first-order valence-corrected chi connectivity index (χ1v) is 11.6. The van der Waals surface area contributed by atoms with Gasteiger partial charge < -0.3 is 38.2 Å². The van der Waals surface area contributed by atoms with Gasteiger partial charge in [-0.2, -0.15) is 14.4 Å². The van der Waals surface area contributed by atoms with Gasteiger partial charge in [0.05, 0.1) is 6.33 Å². The summed E-state index contributed by atoms with van der Waals surface area (Å²) in [6.45, 7) is 2.49. The van der Waals surface area contributed by atoms with E-state index < -0.39 is 23.5 Å². The lowest BCUT2D eigenvalue weighted by molar-refractivity contribution is -0.150. The Morgan fingerprint density at radius 2 is 2.10 bits per heavy atom. The Morgan fingerprint density at radius 3 is 2.69 bits per heavy atom. The van der Waals surface area contributed by atoms with Crippen LogP contribution in [-0.2, 0) is 37.0 Å². The van der Waals surface area contributed by atoms with Crippen LogP contribution in [0.15, 0.2) is 20.0 Å². The number of ether oxygens (including phenoxy) is 3. The molecule has 1 atom stereocenters. The van der Waals surface area contributed by atoms with Gasteiger partial charge in [-0.1, -0.05) is 5.92 Å².